The van der Waals surface area contributed by atoms with Crippen LogP contribution in [0.4, 0.5) is 0 Å². The van der Waals surface area contributed by atoms with E-state index in [1.54, 1.807) is 6.08 Å². The van der Waals surface area contributed by atoms with E-state index in [9.17, 15) is 4.79 Å². The normalized spacial score (nSPS) is 21.9. The molecule has 1 aliphatic rings. The van der Waals surface area contributed by atoms with Gasteiger partial charge in [0.2, 0.25) is 6.29 Å². The summed E-state index contributed by atoms with van der Waals surface area (Å²) in [5.41, 5.74) is 0. The molecular weight excluding hydrogens is 156 g/mol. The van der Waals surface area contributed by atoms with Gasteiger partial charge in [0.15, 0.2) is 0 Å². The number of cyclic esters (lactones) is 1. The first kappa shape index (κ1) is 9.26. The summed E-state index contributed by atoms with van der Waals surface area (Å²) in [6.45, 7) is 4.89. The van der Waals surface area contributed by atoms with Crippen LogP contribution < -0.4 is 0 Å². The summed E-state index contributed by atoms with van der Waals surface area (Å²) in [7, 11) is 0. The van der Waals surface area contributed by atoms with Gasteiger partial charge in [-0.05, 0) is 18.4 Å². The molecule has 0 aromatic carbocycles. The zero-order chi connectivity index (χ0) is 8.97. The van der Waals surface area contributed by atoms with Crippen molar-refractivity contribution in [1.82, 2.24) is 0 Å². The molecule has 1 aliphatic heterocycles. The molecule has 0 radical (unpaired) electrons. The Balaban J connectivity index is 2.09. The summed E-state index contributed by atoms with van der Waals surface area (Å²) < 4.78 is 10.0. The zero-order valence-corrected chi connectivity index (χ0v) is 7.45. The zero-order valence-electron chi connectivity index (χ0n) is 7.45. The maximum atomic E-state index is 10.6. The molecule has 0 saturated carbocycles. The van der Waals surface area contributed by atoms with Crippen molar-refractivity contribution in [2.24, 2.45) is 5.92 Å². The van der Waals surface area contributed by atoms with Gasteiger partial charge in [-0.2, -0.15) is 0 Å². The van der Waals surface area contributed by atoms with Crippen LogP contribution in [0.15, 0.2) is 12.2 Å². The maximum Gasteiger partial charge on any atom is 0.333 e. The Labute approximate surface area is 72.4 Å². The Bertz CT molecular complexity index is 184. The lowest BCUT2D eigenvalue weighted by atomic mass is 10.1. The standard InChI is InChI=1S/C9H14O3/c1-7(2)5-6-11-9-4-3-8(10)12-9/h3-4,7,9H,5-6H2,1-2H3. The predicted molar refractivity (Wildman–Crippen MR) is 44.4 cm³/mol. The molecule has 0 bridgehead atoms. The van der Waals surface area contributed by atoms with E-state index < -0.39 is 6.29 Å². The monoisotopic (exact) mass is 170 g/mol. The van der Waals surface area contributed by atoms with Crippen molar-refractivity contribution in [2.45, 2.75) is 26.6 Å². The average molecular weight is 170 g/mol. The third-order valence-corrected chi connectivity index (χ3v) is 1.60. The third kappa shape index (κ3) is 3.05. The highest BCUT2D eigenvalue weighted by Crippen LogP contribution is 2.08. The molecular formula is C9H14O3. The molecule has 3 nitrogen and oxygen atoms in total. The Morgan fingerprint density at radius 2 is 2.42 bits per heavy atom. The van der Waals surface area contributed by atoms with Crippen molar-refractivity contribution < 1.29 is 14.3 Å². The molecule has 12 heavy (non-hydrogen) atoms. The molecule has 0 saturated heterocycles. The van der Waals surface area contributed by atoms with Gasteiger partial charge in [-0.1, -0.05) is 13.8 Å². The van der Waals surface area contributed by atoms with Crippen molar-refractivity contribution in [3.8, 4) is 0 Å². The van der Waals surface area contributed by atoms with Gasteiger partial charge < -0.3 is 9.47 Å². The van der Waals surface area contributed by atoms with E-state index in [1.807, 2.05) is 0 Å². The number of hydrogen-bond donors (Lipinski definition) is 0. The number of rotatable bonds is 4. The first-order valence-corrected chi connectivity index (χ1v) is 4.19. The van der Waals surface area contributed by atoms with Gasteiger partial charge in [0.05, 0.1) is 6.61 Å². The van der Waals surface area contributed by atoms with Crippen LogP contribution in [0.2, 0.25) is 0 Å². The van der Waals surface area contributed by atoms with Crippen molar-refractivity contribution in [2.75, 3.05) is 6.61 Å². The highest BCUT2D eigenvalue weighted by Gasteiger charge is 2.16. The molecule has 0 aliphatic carbocycles. The summed E-state index contributed by atoms with van der Waals surface area (Å²) in [6.07, 6.45) is 3.56. The molecule has 1 unspecified atom stereocenters. The highest BCUT2D eigenvalue weighted by molar-refractivity contribution is 5.84. The molecule has 1 atom stereocenters. The van der Waals surface area contributed by atoms with E-state index in [-0.39, 0.29) is 5.97 Å². The number of carbonyl (C=O) groups excluding carboxylic acids is 1. The number of ether oxygens (including phenoxy) is 2. The Hall–Kier alpha value is -0.830. The molecule has 0 spiro atoms. The van der Waals surface area contributed by atoms with E-state index in [1.165, 1.54) is 6.08 Å². The van der Waals surface area contributed by atoms with Crippen molar-refractivity contribution in [3.63, 3.8) is 0 Å². The summed E-state index contributed by atoms with van der Waals surface area (Å²) in [5, 5.41) is 0. The molecule has 68 valence electrons. The number of hydrogen-bond acceptors (Lipinski definition) is 3. The lowest BCUT2D eigenvalue weighted by molar-refractivity contribution is -0.158. The second-order valence-corrected chi connectivity index (χ2v) is 3.22. The topological polar surface area (TPSA) is 35.5 Å². The minimum atomic E-state index is -0.448. The van der Waals surface area contributed by atoms with Gasteiger partial charge in [0.1, 0.15) is 0 Å². The Morgan fingerprint density at radius 3 is 2.92 bits per heavy atom. The smallest absolute Gasteiger partial charge is 0.333 e. The second kappa shape index (κ2) is 4.26. The fourth-order valence-electron chi connectivity index (χ4n) is 0.860. The van der Waals surface area contributed by atoms with E-state index in [0.717, 1.165) is 6.42 Å². The lowest BCUT2D eigenvalue weighted by Crippen LogP contribution is -2.13. The molecule has 1 heterocycles. The van der Waals surface area contributed by atoms with E-state index in [0.29, 0.717) is 12.5 Å². The van der Waals surface area contributed by atoms with Gasteiger partial charge in [-0.25, -0.2) is 4.79 Å². The van der Waals surface area contributed by atoms with Gasteiger partial charge in [-0.15, -0.1) is 0 Å². The van der Waals surface area contributed by atoms with E-state index in [2.05, 4.69) is 13.8 Å². The number of esters is 1. The predicted octanol–water partition coefficient (Wildman–Crippen LogP) is 1.49. The maximum absolute atomic E-state index is 10.6. The minimum absolute atomic E-state index is 0.315. The highest BCUT2D eigenvalue weighted by atomic mass is 16.7. The molecule has 3 heteroatoms. The summed E-state index contributed by atoms with van der Waals surface area (Å²) in [4.78, 5) is 10.6. The molecule has 0 aromatic rings. The second-order valence-electron chi connectivity index (χ2n) is 3.22. The SMILES string of the molecule is CC(C)CCOC1C=CC(=O)O1. The summed E-state index contributed by atoms with van der Waals surface area (Å²) >= 11 is 0. The van der Waals surface area contributed by atoms with Crippen molar-refractivity contribution in [1.29, 1.82) is 0 Å². The molecule has 0 amide bonds. The third-order valence-electron chi connectivity index (χ3n) is 1.60. The first-order valence-electron chi connectivity index (χ1n) is 4.19. The van der Waals surface area contributed by atoms with E-state index >= 15 is 0 Å². The fraction of sp³-hybridized carbons (Fsp3) is 0.667. The number of carbonyl (C=O) groups is 1. The van der Waals surface area contributed by atoms with E-state index in [4.69, 9.17) is 9.47 Å². The van der Waals surface area contributed by atoms with Gasteiger partial charge in [0, 0.05) is 6.08 Å². The Morgan fingerprint density at radius 1 is 1.67 bits per heavy atom. The molecule has 0 aromatic heterocycles. The summed E-state index contributed by atoms with van der Waals surface area (Å²) in [5.74, 6) is 0.302. The van der Waals surface area contributed by atoms with Crippen LogP contribution in [0.1, 0.15) is 20.3 Å². The minimum Gasteiger partial charge on any atom is -0.429 e. The van der Waals surface area contributed by atoms with Crippen molar-refractivity contribution in [3.05, 3.63) is 12.2 Å². The molecule has 0 N–H and O–H groups in total. The van der Waals surface area contributed by atoms with Crippen LogP contribution in [-0.2, 0) is 14.3 Å². The van der Waals surface area contributed by atoms with Crippen LogP contribution in [0.3, 0.4) is 0 Å². The van der Waals surface area contributed by atoms with Gasteiger partial charge >= 0.3 is 5.97 Å². The average Bonchev–Trinajstić information content (AvgIpc) is 2.35. The largest absolute Gasteiger partial charge is 0.429 e. The van der Waals surface area contributed by atoms with Crippen LogP contribution in [-0.4, -0.2) is 18.9 Å². The first-order chi connectivity index (χ1) is 5.68. The quantitative estimate of drug-likeness (QED) is 0.599. The van der Waals surface area contributed by atoms with Crippen LogP contribution >= 0.6 is 0 Å². The molecule has 0 fully saturated rings. The van der Waals surface area contributed by atoms with Crippen LogP contribution in [0, 0.1) is 5.92 Å². The summed E-state index contributed by atoms with van der Waals surface area (Å²) in [6, 6.07) is 0. The lowest BCUT2D eigenvalue weighted by Gasteiger charge is -2.10. The fourth-order valence-corrected chi connectivity index (χ4v) is 0.860. The van der Waals surface area contributed by atoms with Crippen LogP contribution in [0.25, 0.3) is 0 Å². The van der Waals surface area contributed by atoms with Gasteiger partial charge in [0.25, 0.3) is 0 Å². The molecule has 1 rings (SSSR count). The Kier molecular flexibility index (Phi) is 3.29. The van der Waals surface area contributed by atoms with Gasteiger partial charge in [-0.3, -0.25) is 0 Å². The van der Waals surface area contributed by atoms with Crippen molar-refractivity contribution >= 4 is 5.97 Å². The van der Waals surface area contributed by atoms with Crippen LogP contribution in [0.5, 0.6) is 0 Å².